The van der Waals surface area contributed by atoms with Crippen LogP contribution in [0.1, 0.15) is 70.9 Å². The number of hydrogen-bond acceptors (Lipinski definition) is 6. The highest BCUT2D eigenvalue weighted by Crippen LogP contribution is 2.49. The standard InChI is InChI=1S/C26H39N5O/c1-16(2)12-13-31(5)24-20-14-26(3,4)22-23(29-15-30-25(22)28)19(20)10-11-21(24)32-18-8-6-17(27)7-9-18/h10-11,15-18H,6-9,12-14,27H2,1-5H3,(H2,28,29,30)/t17-,18-. The zero-order chi connectivity index (χ0) is 23.0. The second-order valence-corrected chi connectivity index (χ2v) is 10.7. The Hall–Kier alpha value is -2.34. The molecule has 1 fully saturated rings. The van der Waals surface area contributed by atoms with Crippen LogP contribution >= 0.6 is 0 Å². The Labute approximate surface area is 192 Å². The Balaban J connectivity index is 1.79. The highest BCUT2D eigenvalue weighted by atomic mass is 16.5. The zero-order valence-electron chi connectivity index (χ0n) is 20.3. The van der Waals surface area contributed by atoms with Crippen LogP contribution in [0.3, 0.4) is 0 Å². The lowest BCUT2D eigenvalue weighted by Crippen LogP contribution is -2.33. The van der Waals surface area contributed by atoms with E-state index in [1.54, 1.807) is 6.33 Å². The van der Waals surface area contributed by atoms with Gasteiger partial charge in [0.25, 0.3) is 0 Å². The van der Waals surface area contributed by atoms with Gasteiger partial charge in [0.1, 0.15) is 17.9 Å². The summed E-state index contributed by atoms with van der Waals surface area (Å²) in [6.45, 7) is 10.0. The highest BCUT2D eigenvalue weighted by Gasteiger charge is 2.37. The van der Waals surface area contributed by atoms with E-state index >= 15 is 0 Å². The van der Waals surface area contributed by atoms with Gasteiger partial charge < -0.3 is 21.1 Å². The average Bonchev–Trinajstić information content (AvgIpc) is 2.73. The van der Waals surface area contributed by atoms with E-state index in [-0.39, 0.29) is 11.5 Å². The Morgan fingerprint density at radius 2 is 1.88 bits per heavy atom. The molecule has 2 aromatic rings. The van der Waals surface area contributed by atoms with Crippen molar-refractivity contribution in [3.05, 3.63) is 29.6 Å². The van der Waals surface area contributed by atoms with Gasteiger partial charge in [0.05, 0.1) is 17.5 Å². The van der Waals surface area contributed by atoms with E-state index in [4.69, 9.17) is 16.2 Å². The Morgan fingerprint density at radius 3 is 2.56 bits per heavy atom. The number of nitrogen functional groups attached to an aromatic ring is 1. The van der Waals surface area contributed by atoms with E-state index in [2.05, 4.69) is 61.7 Å². The quantitative estimate of drug-likeness (QED) is 0.681. The second-order valence-electron chi connectivity index (χ2n) is 10.7. The number of anilines is 2. The number of rotatable bonds is 6. The molecule has 0 aliphatic heterocycles. The van der Waals surface area contributed by atoms with Gasteiger partial charge in [0.15, 0.2) is 0 Å². The molecule has 4 N–H and O–H groups in total. The maximum Gasteiger partial charge on any atom is 0.143 e. The fourth-order valence-electron chi connectivity index (χ4n) is 5.28. The first-order chi connectivity index (χ1) is 15.2. The van der Waals surface area contributed by atoms with Gasteiger partial charge in [0, 0.05) is 30.8 Å². The summed E-state index contributed by atoms with van der Waals surface area (Å²) in [7, 11) is 2.19. The summed E-state index contributed by atoms with van der Waals surface area (Å²) in [6.07, 6.45) is 7.92. The van der Waals surface area contributed by atoms with Crippen LogP contribution < -0.4 is 21.1 Å². The summed E-state index contributed by atoms with van der Waals surface area (Å²) in [4.78, 5) is 11.4. The monoisotopic (exact) mass is 437 g/mol. The van der Waals surface area contributed by atoms with Gasteiger partial charge in [0.2, 0.25) is 0 Å². The summed E-state index contributed by atoms with van der Waals surface area (Å²) in [5.74, 6) is 2.21. The van der Waals surface area contributed by atoms with Crippen molar-refractivity contribution in [3.63, 3.8) is 0 Å². The van der Waals surface area contributed by atoms with Crippen LogP contribution in [0.15, 0.2) is 18.5 Å². The van der Waals surface area contributed by atoms with E-state index in [1.165, 1.54) is 11.3 Å². The molecule has 2 aliphatic rings. The molecule has 0 radical (unpaired) electrons. The number of benzene rings is 1. The van der Waals surface area contributed by atoms with E-state index < -0.39 is 0 Å². The molecule has 2 aliphatic carbocycles. The molecular weight excluding hydrogens is 398 g/mol. The number of nitrogens with zero attached hydrogens (tertiary/aromatic N) is 3. The van der Waals surface area contributed by atoms with Gasteiger partial charge in [-0.05, 0) is 67.6 Å². The predicted octanol–water partition coefficient (Wildman–Crippen LogP) is 4.69. The molecule has 0 atom stereocenters. The molecule has 0 spiro atoms. The molecule has 1 aromatic heterocycles. The molecule has 6 heteroatoms. The fraction of sp³-hybridized carbons (Fsp3) is 0.615. The summed E-state index contributed by atoms with van der Waals surface area (Å²) in [5.41, 5.74) is 18.0. The summed E-state index contributed by atoms with van der Waals surface area (Å²) >= 11 is 0. The van der Waals surface area contributed by atoms with Crippen LogP contribution in [-0.4, -0.2) is 35.7 Å². The van der Waals surface area contributed by atoms with Crippen molar-refractivity contribution in [2.24, 2.45) is 11.7 Å². The minimum Gasteiger partial charge on any atom is -0.488 e. The largest absolute Gasteiger partial charge is 0.488 e. The van der Waals surface area contributed by atoms with Gasteiger partial charge in [-0.15, -0.1) is 0 Å². The molecule has 4 rings (SSSR count). The molecule has 0 bridgehead atoms. The molecule has 1 heterocycles. The SMILES string of the molecule is CC(C)CCN(C)c1c(O[C@H]2CC[C@H](N)CC2)ccc2c1CC(C)(C)c1c(N)ncnc1-2. The number of aromatic nitrogens is 2. The maximum absolute atomic E-state index is 6.65. The molecular formula is C26H39N5O. The van der Waals surface area contributed by atoms with Crippen LogP contribution in [0.5, 0.6) is 5.75 Å². The van der Waals surface area contributed by atoms with Gasteiger partial charge >= 0.3 is 0 Å². The van der Waals surface area contributed by atoms with E-state index in [0.717, 1.165) is 67.6 Å². The normalized spacial score (nSPS) is 21.7. The number of ether oxygens (including phenoxy) is 1. The summed E-state index contributed by atoms with van der Waals surface area (Å²) in [6, 6.07) is 4.61. The Bertz CT molecular complexity index is 963. The molecule has 1 saturated carbocycles. The van der Waals surface area contributed by atoms with Crippen LogP contribution in [0.25, 0.3) is 11.3 Å². The lowest BCUT2D eigenvalue weighted by Gasteiger charge is -2.38. The first-order valence-corrected chi connectivity index (χ1v) is 12.1. The Kier molecular flexibility index (Phi) is 6.35. The molecule has 6 nitrogen and oxygen atoms in total. The molecule has 32 heavy (non-hydrogen) atoms. The topological polar surface area (TPSA) is 90.3 Å². The van der Waals surface area contributed by atoms with Gasteiger partial charge in [-0.2, -0.15) is 0 Å². The third kappa shape index (κ3) is 4.42. The Morgan fingerprint density at radius 1 is 1.16 bits per heavy atom. The van der Waals surface area contributed by atoms with Gasteiger partial charge in [-0.25, -0.2) is 9.97 Å². The number of hydrogen-bond donors (Lipinski definition) is 2. The molecule has 0 amide bonds. The molecule has 0 saturated heterocycles. The fourth-order valence-corrected chi connectivity index (χ4v) is 5.28. The van der Waals surface area contributed by atoms with Crippen molar-refractivity contribution in [1.29, 1.82) is 0 Å². The third-order valence-electron chi connectivity index (χ3n) is 7.11. The van der Waals surface area contributed by atoms with E-state index in [0.29, 0.717) is 17.8 Å². The maximum atomic E-state index is 6.65. The second kappa shape index (κ2) is 8.89. The van der Waals surface area contributed by atoms with E-state index in [1.807, 2.05) is 0 Å². The minimum atomic E-state index is -0.155. The van der Waals surface area contributed by atoms with Crippen molar-refractivity contribution in [3.8, 4) is 17.0 Å². The zero-order valence-corrected chi connectivity index (χ0v) is 20.3. The van der Waals surface area contributed by atoms with Crippen LogP contribution in [0.2, 0.25) is 0 Å². The average molecular weight is 438 g/mol. The van der Waals surface area contributed by atoms with E-state index in [9.17, 15) is 0 Å². The van der Waals surface area contributed by atoms with Crippen molar-refractivity contribution in [2.45, 2.75) is 83.8 Å². The lowest BCUT2D eigenvalue weighted by molar-refractivity contribution is 0.147. The number of nitrogens with two attached hydrogens (primary N) is 2. The van der Waals surface area contributed by atoms with Gasteiger partial charge in [-0.3, -0.25) is 0 Å². The third-order valence-corrected chi connectivity index (χ3v) is 7.11. The van der Waals surface area contributed by atoms with Crippen molar-refractivity contribution in [1.82, 2.24) is 9.97 Å². The summed E-state index contributed by atoms with van der Waals surface area (Å²) in [5, 5.41) is 0. The van der Waals surface area contributed by atoms with Crippen molar-refractivity contribution in [2.75, 3.05) is 24.2 Å². The van der Waals surface area contributed by atoms with Crippen LogP contribution in [0, 0.1) is 5.92 Å². The lowest BCUT2D eigenvalue weighted by atomic mass is 9.71. The molecule has 174 valence electrons. The van der Waals surface area contributed by atoms with Crippen LogP contribution in [-0.2, 0) is 11.8 Å². The smallest absolute Gasteiger partial charge is 0.143 e. The predicted molar refractivity (Wildman–Crippen MR) is 132 cm³/mol. The van der Waals surface area contributed by atoms with Gasteiger partial charge in [-0.1, -0.05) is 27.7 Å². The summed E-state index contributed by atoms with van der Waals surface area (Å²) < 4.78 is 6.65. The first-order valence-electron chi connectivity index (χ1n) is 12.1. The molecule has 1 aromatic carbocycles. The highest BCUT2D eigenvalue weighted by molar-refractivity contribution is 5.83. The van der Waals surface area contributed by atoms with Crippen molar-refractivity contribution >= 4 is 11.5 Å². The first kappa shape index (κ1) is 22.8. The molecule has 0 unspecified atom stereocenters. The number of fused-ring (bicyclic) bond motifs is 3. The van der Waals surface area contributed by atoms with Crippen molar-refractivity contribution < 1.29 is 4.74 Å². The minimum absolute atomic E-state index is 0.155. The van der Waals surface area contributed by atoms with Crippen LogP contribution in [0.4, 0.5) is 11.5 Å².